The van der Waals surface area contributed by atoms with Gasteiger partial charge in [-0.2, -0.15) is 0 Å². The average molecular weight is 215 g/mol. The zero-order valence-corrected chi connectivity index (χ0v) is 7.69. The molecule has 1 aromatic rings. The van der Waals surface area contributed by atoms with Gasteiger partial charge in [-0.3, -0.25) is 4.79 Å². The molecule has 0 amide bonds. The van der Waals surface area contributed by atoms with Gasteiger partial charge in [0.05, 0.1) is 6.21 Å². The molecule has 0 aromatic heterocycles. The molecule has 0 unspecified atom stereocenters. The molecule has 1 N–H and O–H groups in total. The lowest BCUT2D eigenvalue weighted by atomic mass is 10.1. The molecule has 0 heterocycles. The Balaban J connectivity index is 2.79. The Morgan fingerprint density at radius 3 is 2.27 bits per heavy atom. The molecule has 5 heteroatoms. The highest BCUT2D eigenvalue weighted by atomic mass is 19.2. The number of halogens is 3. The van der Waals surface area contributed by atoms with Gasteiger partial charge in [0.25, 0.3) is 0 Å². The van der Waals surface area contributed by atoms with Gasteiger partial charge in [-0.15, -0.1) is 0 Å². The minimum atomic E-state index is -1.52. The summed E-state index contributed by atoms with van der Waals surface area (Å²) in [5.41, 5.74) is 0.196. The van der Waals surface area contributed by atoms with Gasteiger partial charge in [-0.1, -0.05) is 0 Å². The topological polar surface area (TPSA) is 40.9 Å². The molecule has 0 saturated carbocycles. The van der Waals surface area contributed by atoms with Crippen molar-refractivity contribution in [2.24, 2.45) is 0 Å². The molecule has 0 atom stereocenters. The molecule has 80 valence electrons. The van der Waals surface area contributed by atoms with Crippen LogP contribution in [-0.2, 0) is 11.2 Å². The summed E-state index contributed by atoms with van der Waals surface area (Å²) in [6, 6.07) is 1.69. The number of nitrogens with one attached hydrogen (secondary N) is 1. The molecule has 1 rings (SSSR count). The van der Waals surface area contributed by atoms with Gasteiger partial charge in [0.2, 0.25) is 0 Å². The maximum absolute atomic E-state index is 12.7. The quantitative estimate of drug-likeness (QED) is 0.607. The summed E-state index contributed by atoms with van der Waals surface area (Å²) in [5.74, 6) is -4.50. The number of carbonyl (C=O) groups is 1. The normalized spacial score (nSPS) is 10.1. The van der Waals surface area contributed by atoms with Crippen molar-refractivity contribution >= 4 is 12.0 Å². The second kappa shape index (κ2) is 4.72. The third kappa shape index (κ3) is 2.90. The fourth-order valence-electron chi connectivity index (χ4n) is 1.09. The van der Waals surface area contributed by atoms with Crippen LogP contribution in [0.25, 0.3) is 0 Å². The fourth-order valence-corrected chi connectivity index (χ4v) is 1.09. The van der Waals surface area contributed by atoms with Gasteiger partial charge in [0.15, 0.2) is 23.2 Å². The molecule has 0 radical (unpaired) electrons. The van der Waals surface area contributed by atoms with E-state index in [1.807, 2.05) is 0 Å². The standard InChI is InChI=1S/C10H8F3NO/c11-8-3-6(1-2-7(15)5-14)4-9(12)10(8)13/h3-5,14H,1-2H2. The molecule has 0 fully saturated rings. The van der Waals surface area contributed by atoms with Crippen molar-refractivity contribution in [3.63, 3.8) is 0 Å². The van der Waals surface area contributed by atoms with Crippen LogP contribution in [0.15, 0.2) is 12.1 Å². The van der Waals surface area contributed by atoms with Gasteiger partial charge in [-0.25, -0.2) is 13.2 Å². The number of benzene rings is 1. The number of rotatable bonds is 4. The summed E-state index contributed by atoms with van der Waals surface area (Å²) in [7, 11) is 0. The molecule has 15 heavy (non-hydrogen) atoms. The molecule has 2 nitrogen and oxygen atoms in total. The van der Waals surface area contributed by atoms with Gasteiger partial charge in [0, 0.05) is 6.42 Å². The highest BCUT2D eigenvalue weighted by Crippen LogP contribution is 2.14. The molecule has 0 aliphatic carbocycles. The van der Waals surface area contributed by atoms with Crippen molar-refractivity contribution < 1.29 is 18.0 Å². The predicted molar refractivity (Wildman–Crippen MR) is 48.4 cm³/mol. The largest absolute Gasteiger partial charge is 0.305 e. The van der Waals surface area contributed by atoms with Crippen molar-refractivity contribution in [3.05, 3.63) is 35.1 Å². The second-order valence-corrected chi connectivity index (χ2v) is 2.98. The first-order chi connectivity index (χ1) is 7.04. The smallest absolute Gasteiger partial charge is 0.194 e. The Labute approximate surface area is 84.2 Å². The molecular weight excluding hydrogens is 207 g/mol. The number of Topliss-reactive ketones (excluding diaryl/α,β-unsaturated/α-hetero) is 1. The van der Waals surface area contributed by atoms with E-state index in [1.54, 1.807) is 0 Å². The summed E-state index contributed by atoms with van der Waals surface area (Å²) in [4.78, 5) is 10.7. The third-order valence-electron chi connectivity index (χ3n) is 1.86. The maximum Gasteiger partial charge on any atom is 0.194 e. The molecule has 0 aliphatic rings. The molecule has 0 saturated heterocycles. The summed E-state index contributed by atoms with van der Waals surface area (Å²) >= 11 is 0. The van der Waals surface area contributed by atoms with Crippen LogP contribution in [0.4, 0.5) is 13.2 Å². The Kier molecular flexibility index (Phi) is 3.60. The van der Waals surface area contributed by atoms with Crippen LogP contribution in [0.2, 0.25) is 0 Å². The lowest BCUT2D eigenvalue weighted by Crippen LogP contribution is -2.02. The first-order valence-corrected chi connectivity index (χ1v) is 4.21. The fraction of sp³-hybridized carbons (Fsp3) is 0.200. The zero-order valence-electron chi connectivity index (χ0n) is 7.69. The van der Waals surface area contributed by atoms with Crippen LogP contribution < -0.4 is 0 Å². The van der Waals surface area contributed by atoms with Crippen molar-refractivity contribution in [3.8, 4) is 0 Å². The average Bonchev–Trinajstić information content (AvgIpc) is 2.22. The summed E-state index contributed by atoms with van der Waals surface area (Å²) in [5, 5.41) is 6.61. The summed E-state index contributed by atoms with van der Waals surface area (Å²) in [6.45, 7) is 0. The van der Waals surface area contributed by atoms with Gasteiger partial charge < -0.3 is 5.41 Å². The molecule has 1 aromatic carbocycles. The lowest BCUT2D eigenvalue weighted by Gasteiger charge is -2.01. The van der Waals surface area contributed by atoms with Crippen molar-refractivity contribution in [1.82, 2.24) is 0 Å². The maximum atomic E-state index is 12.7. The van der Waals surface area contributed by atoms with E-state index < -0.39 is 23.2 Å². The van der Waals surface area contributed by atoms with E-state index in [0.29, 0.717) is 6.21 Å². The molecule has 0 bridgehead atoms. The first-order valence-electron chi connectivity index (χ1n) is 4.21. The van der Waals surface area contributed by atoms with E-state index in [4.69, 9.17) is 5.41 Å². The summed E-state index contributed by atoms with van der Waals surface area (Å²) < 4.78 is 37.9. The second-order valence-electron chi connectivity index (χ2n) is 2.98. The highest BCUT2D eigenvalue weighted by Gasteiger charge is 2.10. The predicted octanol–water partition coefficient (Wildman–Crippen LogP) is 2.26. The Bertz CT molecular complexity index is 381. The van der Waals surface area contributed by atoms with Crippen LogP contribution >= 0.6 is 0 Å². The van der Waals surface area contributed by atoms with E-state index in [2.05, 4.69) is 0 Å². The summed E-state index contributed by atoms with van der Waals surface area (Å²) in [6.07, 6.45) is 0.701. The minimum absolute atomic E-state index is 0.0198. The Hall–Kier alpha value is -1.65. The molecule has 0 spiro atoms. The highest BCUT2D eigenvalue weighted by molar-refractivity contribution is 6.26. The molecular formula is C10H8F3NO. The van der Waals surface area contributed by atoms with Crippen LogP contribution in [0.3, 0.4) is 0 Å². The van der Waals surface area contributed by atoms with Gasteiger partial charge >= 0.3 is 0 Å². The zero-order chi connectivity index (χ0) is 11.4. The van der Waals surface area contributed by atoms with Crippen LogP contribution in [0, 0.1) is 22.9 Å². The number of hydrogen-bond acceptors (Lipinski definition) is 2. The van der Waals surface area contributed by atoms with Crippen LogP contribution in [-0.4, -0.2) is 12.0 Å². The van der Waals surface area contributed by atoms with Crippen molar-refractivity contribution in [2.75, 3.05) is 0 Å². The monoisotopic (exact) mass is 215 g/mol. The lowest BCUT2D eigenvalue weighted by molar-refractivity contribution is -0.112. The molecule has 0 aliphatic heterocycles. The SMILES string of the molecule is N=CC(=O)CCc1cc(F)c(F)c(F)c1. The number of ketones is 1. The Morgan fingerprint density at radius 1 is 1.27 bits per heavy atom. The number of hydrogen-bond donors (Lipinski definition) is 1. The van der Waals surface area contributed by atoms with Gasteiger partial charge in [-0.05, 0) is 24.1 Å². The van der Waals surface area contributed by atoms with E-state index in [0.717, 1.165) is 12.1 Å². The van der Waals surface area contributed by atoms with Crippen LogP contribution in [0.5, 0.6) is 0 Å². The number of aryl methyl sites for hydroxylation is 1. The van der Waals surface area contributed by atoms with Crippen molar-refractivity contribution in [1.29, 1.82) is 5.41 Å². The van der Waals surface area contributed by atoms with E-state index >= 15 is 0 Å². The first kappa shape index (κ1) is 11.4. The van der Waals surface area contributed by atoms with E-state index in [-0.39, 0.29) is 18.4 Å². The van der Waals surface area contributed by atoms with Crippen LogP contribution in [0.1, 0.15) is 12.0 Å². The van der Waals surface area contributed by atoms with Crippen molar-refractivity contribution in [2.45, 2.75) is 12.8 Å². The van der Waals surface area contributed by atoms with Gasteiger partial charge in [0.1, 0.15) is 0 Å². The number of carbonyl (C=O) groups excluding carboxylic acids is 1. The minimum Gasteiger partial charge on any atom is -0.305 e. The third-order valence-corrected chi connectivity index (χ3v) is 1.86. The Morgan fingerprint density at radius 2 is 1.80 bits per heavy atom. The van der Waals surface area contributed by atoms with E-state index in [9.17, 15) is 18.0 Å². The van der Waals surface area contributed by atoms with E-state index in [1.165, 1.54) is 0 Å².